The van der Waals surface area contributed by atoms with Crippen LogP contribution in [-0.2, 0) is 6.42 Å². The van der Waals surface area contributed by atoms with E-state index in [2.05, 4.69) is 22.9 Å². The molecule has 0 N–H and O–H groups in total. The Bertz CT molecular complexity index is 1420. The fourth-order valence-electron chi connectivity index (χ4n) is 4.35. The fourth-order valence-corrected chi connectivity index (χ4v) is 4.61. The maximum Gasteiger partial charge on any atom is 0.295 e. The van der Waals surface area contributed by atoms with E-state index < -0.39 is 6.04 Å². The maximum atomic E-state index is 13.7. The van der Waals surface area contributed by atoms with Crippen molar-refractivity contribution < 1.29 is 9.21 Å². The molecule has 1 aliphatic heterocycles. The van der Waals surface area contributed by atoms with Gasteiger partial charge in [-0.2, -0.15) is 0 Å². The summed E-state index contributed by atoms with van der Waals surface area (Å²) in [6, 6.07) is 18.8. The number of hydrogen-bond acceptors (Lipinski definition) is 3. The zero-order valence-corrected chi connectivity index (χ0v) is 19.7. The molecule has 1 aromatic heterocycles. The van der Waals surface area contributed by atoms with E-state index in [1.807, 2.05) is 74.5 Å². The second-order valence-electron chi connectivity index (χ2n) is 8.26. The molecule has 5 rings (SSSR count). The van der Waals surface area contributed by atoms with Crippen LogP contribution in [0, 0.1) is 13.8 Å². The Hall–Kier alpha value is -3.18. The first-order valence-corrected chi connectivity index (χ1v) is 11.4. The Labute approximate surface area is 194 Å². The highest BCUT2D eigenvalue weighted by Crippen LogP contribution is 2.41. The first-order chi connectivity index (χ1) is 15.4. The molecule has 0 saturated heterocycles. The number of carbonyl (C=O) groups is 1. The van der Waals surface area contributed by atoms with Gasteiger partial charge < -0.3 is 4.42 Å². The lowest BCUT2D eigenvalue weighted by Crippen LogP contribution is -2.29. The van der Waals surface area contributed by atoms with Crippen LogP contribution in [0.15, 0.2) is 74.3 Å². The van der Waals surface area contributed by atoms with E-state index in [4.69, 9.17) is 4.42 Å². The molecule has 0 aliphatic carbocycles. The number of anilines is 1. The Morgan fingerprint density at radius 3 is 2.25 bits per heavy atom. The predicted molar refractivity (Wildman–Crippen MR) is 131 cm³/mol. The molecule has 1 unspecified atom stereocenters. The van der Waals surface area contributed by atoms with Crippen molar-refractivity contribution in [2.75, 3.05) is 4.90 Å². The van der Waals surface area contributed by atoms with Gasteiger partial charge in [0, 0.05) is 10.2 Å². The molecule has 0 bridgehead atoms. The van der Waals surface area contributed by atoms with E-state index in [0.717, 1.165) is 33.3 Å². The number of carbonyl (C=O) groups excluding carboxylic acids is 1. The molecule has 0 saturated carbocycles. The second-order valence-corrected chi connectivity index (χ2v) is 9.17. The van der Waals surface area contributed by atoms with E-state index >= 15 is 0 Å². The Balaban J connectivity index is 1.79. The number of halogens is 1. The minimum atomic E-state index is -0.555. The summed E-state index contributed by atoms with van der Waals surface area (Å²) in [5, 5.41) is 0.505. The maximum absolute atomic E-state index is 13.7. The summed E-state index contributed by atoms with van der Waals surface area (Å²) in [5.74, 6) is -0.173. The highest BCUT2D eigenvalue weighted by atomic mass is 79.9. The molecule has 1 amide bonds. The summed E-state index contributed by atoms with van der Waals surface area (Å²) < 4.78 is 7.04. The van der Waals surface area contributed by atoms with Crippen LogP contribution in [-0.4, -0.2) is 5.91 Å². The van der Waals surface area contributed by atoms with Crippen molar-refractivity contribution in [2.24, 2.45) is 0 Å². The summed E-state index contributed by atoms with van der Waals surface area (Å²) in [4.78, 5) is 29.0. The third-order valence-electron chi connectivity index (χ3n) is 6.29. The lowest BCUT2D eigenvalue weighted by atomic mass is 9.97. The van der Waals surface area contributed by atoms with Gasteiger partial charge >= 0.3 is 0 Å². The van der Waals surface area contributed by atoms with E-state index in [0.29, 0.717) is 16.5 Å². The Morgan fingerprint density at radius 2 is 1.59 bits per heavy atom. The molecule has 4 aromatic rings. The van der Waals surface area contributed by atoms with Gasteiger partial charge in [0.25, 0.3) is 5.91 Å². The van der Waals surface area contributed by atoms with E-state index in [1.54, 1.807) is 4.90 Å². The van der Waals surface area contributed by atoms with Gasteiger partial charge in [0.15, 0.2) is 5.43 Å². The van der Waals surface area contributed by atoms with Crippen molar-refractivity contribution in [3.05, 3.63) is 109 Å². The summed E-state index contributed by atoms with van der Waals surface area (Å²) >= 11 is 3.47. The molecule has 1 atom stereocenters. The minimum Gasteiger partial charge on any atom is -0.450 e. The lowest BCUT2D eigenvalue weighted by molar-refractivity contribution is 0.0971. The van der Waals surface area contributed by atoms with Crippen LogP contribution in [0.2, 0.25) is 0 Å². The average Bonchev–Trinajstić information content (AvgIpc) is 3.08. The van der Waals surface area contributed by atoms with Crippen LogP contribution < -0.4 is 10.3 Å². The molecular weight excluding hydrogens is 466 g/mol. The van der Waals surface area contributed by atoms with Gasteiger partial charge in [-0.3, -0.25) is 14.5 Å². The third-order valence-corrected chi connectivity index (χ3v) is 6.82. The van der Waals surface area contributed by atoms with Crippen LogP contribution in [0.25, 0.3) is 11.0 Å². The van der Waals surface area contributed by atoms with Gasteiger partial charge in [-0.05, 0) is 78.9 Å². The number of amides is 1. The number of aryl methyl sites for hydroxylation is 3. The third kappa shape index (κ3) is 3.19. The van der Waals surface area contributed by atoms with E-state index in [-0.39, 0.29) is 17.1 Å². The lowest BCUT2D eigenvalue weighted by Gasteiger charge is -2.25. The number of benzene rings is 3. The molecule has 2 heterocycles. The zero-order chi connectivity index (χ0) is 22.6. The fraction of sp³-hybridized carbons (Fsp3) is 0.185. The molecule has 0 radical (unpaired) electrons. The van der Waals surface area contributed by atoms with Gasteiger partial charge in [0.1, 0.15) is 5.58 Å². The van der Waals surface area contributed by atoms with Gasteiger partial charge in [-0.15, -0.1) is 0 Å². The number of fused-ring (bicyclic) bond motifs is 2. The normalized spacial score (nSPS) is 15.4. The summed E-state index contributed by atoms with van der Waals surface area (Å²) in [6.07, 6.45) is 0.911. The van der Waals surface area contributed by atoms with Crippen molar-refractivity contribution in [1.29, 1.82) is 0 Å². The van der Waals surface area contributed by atoms with Crippen molar-refractivity contribution in [2.45, 2.75) is 33.2 Å². The summed E-state index contributed by atoms with van der Waals surface area (Å²) in [7, 11) is 0. The Morgan fingerprint density at radius 1 is 0.938 bits per heavy atom. The van der Waals surface area contributed by atoms with Crippen LogP contribution >= 0.6 is 15.9 Å². The van der Waals surface area contributed by atoms with Crippen molar-refractivity contribution in [3.8, 4) is 0 Å². The average molecular weight is 488 g/mol. The molecule has 160 valence electrons. The van der Waals surface area contributed by atoms with Crippen LogP contribution in [0.1, 0.15) is 51.3 Å². The van der Waals surface area contributed by atoms with E-state index in [9.17, 15) is 9.59 Å². The van der Waals surface area contributed by atoms with Crippen LogP contribution in [0.5, 0.6) is 0 Å². The molecule has 0 spiro atoms. The molecule has 4 nitrogen and oxygen atoms in total. The number of hydrogen-bond donors (Lipinski definition) is 0. The molecule has 3 aromatic carbocycles. The molecule has 32 heavy (non-hydrogen) atoms. The first kappa shape index (κ1) is 20.7. The number of nitrogens with zero attached hydrogens (tertiary/aromatic N) is 1. The standard InChI is InChI=1S/C27H22BrNO3/c1-4-17-5-11-20(12-6-17)29-24(18-7-9-19(28)10-8-18)23-25(30)21-13-15(2)16(3)14-22(21)32-26(23)27(29)31/h5-14,24H,4H2,1-3H3. The largest absolute Gasteiger partial charge is 0.450 e. The molecular formula is C27H22BrNO3. The van der Waals surface area contributed by atoms with Gasteiger partial charge in [-0.1, -0.05) is 47.1 Å². The highest BCUT2D eigenvalue weighted by Gasteiger charge is 2.43. The monoisotopic (exact) mass is 487 g/mol. The molecule has 5 heteroatoms. The quantitative estimate of drug-likeness (QED) is 0.332. The molecule has 0 fully saturated rings. The highest BCUT2D eigenvalue weighted by molar-refractivity contribution is 9.10. The van der Waals surface area contributed by atoms with Gasteiger partial charge in [0.2, 0.25) is 5.76 Å². The van der Waals surface area contributed by atoms with Crippen LogP contribution in [0.3, 0.4) is 0 Å². The minimum absolute atomic E-state index is 0.123. The predicted octanol–water partition coefficient (Wildman–Crippen LogP) is 6.48. The smallest absolute Gasteiger partial charge is 0.295 e. The van der Waals surface area contributed by atoms with Gasteiger partial charge in [-0.25, -0.2) is 0 Å². The van der Waals surface area contributed by atoms with Crippen molar-refractivity contribution >= 4 is 38.5 Å². The first-order valence-electron chi connectivity index (χ1n) is 10.6. The van der Waals surface area contributed by atoms with E-state index in [1.165, 1.54) is 5.56 Å². The molecule has 1 aliphatic rings. The Kier molecular flexibility index (Phi) is 5.01. The zero-order valence-electron chi connectivity index (χ0n) is 18.1. The summed E-state index contributed by atoms with van der Waals surface area (Å²) in [6.45, 7) is 6.03. The van der Waals surface area contributed by atoms with Gasteiger partial charge in [0.05, 0.1) is 17.0 Å². The summed E-state index contributed by atoms with van der Waals surface area (Å²) in [5.41, 5.74) is 5.50. The topological polar surface area (TPSA) is 50.5 Å². The SMILES string of the molecule is CCc1ccc(N2C(=O)c3oc4cc(C)c(C)cc4c(=O)c3C2c2ccc(Br)cc2)cc1. The number of rotatable bonds is 3. The van der Waals surface area contributed by atoms with Crippen molar-refractivity contribution in [1.82, 2.24) is 0 Å². The van der Waals surface area contributed by atoms with Crippen molar-refractivity contribution in [3.63, 3.8) is 0 Å². The second kappa shape index (κ2) is 7.75. The van der Waals surface area contributed by atoms with Crippen LogP contribution in [0.4, 0.5) is 5.69 Å².